The maximum atomic E-state index is 13.8. The third kappa shape index (κ3) is 4.91. The van der Waals surface area contributed by atoms with E-state index in [1.165, 1.54) is 31.4 Å². The number of benzene rings is 2. The van der Waals surface area contributed by atoms with E-state index in [4.69, 9.17) is 14.2 Å². The summed E-state index contributed by atoms with van der Waals surface area (Å²) in [5.74, 6) is -4.02. The van der Waals surface area contributed by atoms with Crippen molar-refractivity contribution >= 4 is 23.4 Å². The number of aromatic hydroxyl groups is 2. The first-order valence-electron chi connectivity index (χ1n) is 14.0. The van der Waals surface area contributed by atoms with E-state index in [9.17, 15) is 44.7 Å². The number of fused-ring (bicyclic) bond motifs is 3. The summed E-state index contributed by atoms with van der Waals surface area (Å²) in [6.45, 7) is 4.22. The van der Waals surface area contributed by atoms with Gasteiger partial charge < -0.3 is 45.1 Å². The zero-order valence-electron chi connectivity index (χ0n) is 24.0. The van der Waals surface area contributed by atoms with Crippen LogP contribution >= 0.6 is 0 Å². The Bertz CT molecular complexity index is 1570. The number of rotatable bonds is 8. The van der Waals surface area contributed by atoms with Crippen LogP contribution in [0.2, 0.25) is 0 Å². The van der Waals surface area contributed by atoms with E-state index in [1.54, 1.807) is 6.92 Å². The smallest absolute Gasteiger partial charge is 0.404 e. The topological polar surface area (TPSA) is 209 Å². The summed E-state index contributed by atoms with van der Waals surface area (Å²) in [4.78, 5) is 51.8. The lowest BCUT2D eigenvalue weighted by molar-refractivity contribution is -0.226. The molecule has 0 bridgehead atoms. The van der Waals surface area contributed by atoms with E-state index in [1.807, 2.05) is 0 Å². The Hall–Kier alpha value is -4.30. The van der Waals surface area contributed by atoms with Crippen molar-refractivity contribution in [3.05, 3.63) is 64.2 Å². The summed E-state index contributed by atoms with van der Waals surface area (Å²) >= 11 is 0. The monoisotopic (exact) mass is 611 g/mol. The zero-order chi connectivity index (χ0) is 32.1. The van der Waals surface area contributed by atoms with Crippen molar-refractivity contribution in [2.24, 2.45) is 5.41 Å². The molecule has 2 aromatic carbocycles. The van der Waals surface area contributed by atoms with Crippen LogP contribution in [0.3, 0.4) is 0 Å². The number of carbonyl (C=O) groups excluding carboxylic acids is 3. The molecule has 1 saturated heterocycles. The van der Waals surface area contributed by atoms with Crippen molar-refractivity contribution in [2.75, 3.05) is 20.3 Å². The number of carboxylic acid groups (broad SMARTS) is 1. The molecule has 13 nitrogen and oxygen atoms in total. The van der Waals surface area contributed by atoms with Gasteiger partial charge in [0.15, 0.2) is 17.9 Å². The number of Topliss-reactive ketones (excluding diaryl/α,β-unsaturated/α-hetero) is 1. The minimum atomic E-state index is -1.43. The number of allylic oxidation sites excluding steroid dienone is 1. The van der Waals surface area contributed by atoms with Crippen LogP contribution in [-0.4, -0.2) is 93.8 Å². The van der Waals surface area contributed by atoms with Gasteiger partial charge in [-0.25, -0.2) is 4.79 Å². The van der Waals surface area contributed by atoms with Crippen molar-refractivity contribution < 1.29 is 58.9 Å². The quantitative estimate of drug-likeness (QED) is 0.159. The third-order valence-corrected chi connectivity index (χ3v) is 8.86. The fourth-order valence-corrected chi connectivity index (χ4v) is 6.63. The Kier molecular flexibility index (Phi) is 8.25. The Morgan fingerprint density at radius 2 is 1.86 bits per heavy atom. The summed E-state index contributed by atoms with van der Waals surface area (Å²) in [6, 6.07) is 3.51. The summed E-state index contributed by atoms with van der Waals surface area (Å²) in [6.07, 6.45) is -3.33. The highest BCUT2D eigenvalue weighted by Gasteiger charge is 2.48. The number of aliphatic hydroxyl groups excluding tert-OH is 2. The Morgan fingerprint density at radius 1 is 1.16 bits per heavy atom. The number of ketones is 3. The van der Waals surface area contributed by atoms with Crippen LogP contribution in [0.4, 0.5) is 4.79 Å². The Morgan fingerprint density at radius 3 is 2.50 bits per heavy atom. The van der Waals surface area contributed by atoms with E-state index in [2.05, 4.69) is 11.9 Å². The molecule has 6 N–H and O–H groups in total. The van der Waals surface area contributed by atoms with Crippen molar-refractivity contribution in [3.8, 4) is 17.2 Å². The van der Waals surface area contributed by atoms with Gasteiger partial charge in [0, 0.05) is 29.0 Å². The Labute approximate surface area is 251 Å². The molecule has 1 heterocycles. The SMILES string of the molecule is C=C[C@@]1(C(=O)CO)Cc2c(O)c3c(c(O)c2[C@@H](CO[C@H]2C[C@H](NC(=O)O)[C@H](O)[C@H](C)O2)C1)C(=O)c1c(OC)cccc1C3=O. The first-order chi connectivity index (χ1) is 20.9. The third-order valence-electron chi connectivity index (χ3n) is 8.86. The molecular formula is C31H33NO12. The molecule has 2 aromatic rings. The highest BCUT2D eigenvalue weighted by atomic mass is 16.7. The van der Waals surface area contributed by atoms with E-state index in [0.29, 0.717) is 0 Å². The molecule has 3 aliphatic rings. The largest absolute Gasteiger partial charge is 0.507 e. The van der Waals surface area contributed by atoms with E-state index >= 15 is 0 Å². The first-order valence-corrected chi connectivity index (χ1v) is 14.0. The highest BCUT2D eigenvalue weighted by molar-refractivity contribution is 6.31. The van der Waals surface area contributed by atoms with Gasteiger partial charge in [0.1, 0.15) is 30.0 Å². The maximum absolute atomic E-state index is 13.8. The van der Waals surface area contributed by atoms with Crippen molar-refractivity contribution in [3.63, 3.8) is 0 Å². The predicted molar refractivity (Wildman–Crippen MR) is 151 cm³/mol. The lowest BCUT2D eigenvalue weighted by Gasteiger charge is -2.41. The molecule has 0 saturated carbocycles. The number of amides is 1. The molecular weight excluding hydrogens is 578 g/mol. The van der Waals surface area contributed by atoms with Gasteiger partial charge in [0.25, 0.3) is 0 Å². The zero-order valence-corrected chi connectivity index (χ0v) is 24.0. The second kappa shape index (κ2) is 11.7. The molecule has 6 atom stereocenters. The van der Waals surface area contributed by atoms with Crippen molar-refractivity contribution in [2.45, 2.75) is 56.6 Å². The van der Waals surface area contributed by atoms with Crippen LogP contribution in [0, 0.1) is 5.41 Å². The molecule has 44 heavy (non-hydrogen) atoms. The van der Waals surface area contributed by atoms with Crippen molar-refractivity contribution in [1.29, 1.82) is 0 Å². The second-order valence-corrected chi connectivity index (χ2v) is 11.3. The lowest BCUT2D eigenvalue weighted by Crippen LogP contribution is -2.55. The molecule has 1 amide bonds. The number of phenols is 2. The molecule has 0 spiro atoms. The average molecular weight is 612 g/mol. The Balaban J connectivity index is 1.60. The number of nitrogens with one attached hydrogen (secondary N) is 1. The van der Waals surface area contributed by atoms with Gasteiger partial charge in [-0.2, -0.15) is 0 Å². The van der Waals surface area contributed by atoms with Gasteiger partial charge in [0.05, 0.1) is 48.0 Å². The number of hydrogen-bond donors (Lipinski definition) is 6. The van der Waals surface area contributed by atoms with E-state index in [-0.39, 0.29) is 53.9 Å². The van der Waals surface area contributed by atoms with Crippen LogP contribution in [-0.2, 0) is 20.7 Å². The van der Waals surface area contributed by atoms with Crippen LogP contribution in [0.15, 0.2) is 30.9 Å². The van der Waals surface area contributed by atoms with Crippen LogP contribution in [0.25, 0.3) is 0 Å². The number of hydrogen-bond acceptors (Lipinski definition) is 11. The fraction of sp³-hybridized carbons (Fsp3) is 0.419. The molecule has 234 valence electrons. The summed E-state index contributed by atoms with van der Waals surface area (Å²) < 4.78 is 17.0. The van der Waals surface area contributed by atoms with E-state index < -0.39 is 88.5 Å². The molecule has 2 aliphatic carbocycles. The van der Waals surface area contributed by atoms with Gasteiger partial charge in [0.2, 0.25) is 5.78 Å². The standard InChI is InChI=1S/C31H33NO12/c1-4-31(19(34)11-33)9-14(12-43-20-8-17(32-30(40)41)25(35)13(2)44-20)21-16(10-31)27(37)23-24(28(21)38)29(39)22-15(26(23)36)6-5-7-18(22)42-3/h4-7,13-14,17,20,25,32-33,35,37-38H,1,8-12H2,2-3H3,(H,40,41)/t13-,14+,17-,20+,25+,31-/m0/s1. The predicted octanol–water partition coefficient (Wildman–Crippen LogP) is 1.79. The number of aliphatic hydroxyl groups is 2. The van der Waals surface area contributed by atoms with Gasteiger partial charge in [-0.15, -0.1) is 6.58 Å². The van der Waals surface area contributed by atoms with Crippen LogP contribution in [0.5, 0.6) is 17.2 Å². The fourth-order valence-electron chi connectivity index (χ4n) is 6.63. The maximum Gasteiger partial charge on any atom is 0.404 e. The molecule has 5 rings (SSSR count). The molecule has 13 heteroatoms. The summed E-state index contributed by atoms with van der Waals surface area (Å²) in [5.41, 5.74) is -2.25. The van der Waals surface area contributed by atoms with Crippen LogP contribution < -0.4 is 10.1 Å². The lowest BCUT2D eigenvalue weighted by atomic mass is 9.63. The number of phenolic OH excluding ortho intramolecular Hbond substituents is 2. The number of carbonyl (C=O) groups is 4. The molecule has 0 aromatic heterocycles. The first kappa shape index (κ1) is 31.1. The second-order valence-electron chi connectivity index (χ2n) is 11.3. The minimum Gasteiger partial charge on any atom is -0.507 e. The molecule has 1 fully saturated rings. The average Bonchev–Trinajstić information content (AvgIpc) is 3.01. The molecule has 0 unspecified atom stereocenters. The molecule has 0 radical (unpaired) electrons. The van der Waals surface area contributed by atoms with Gasteiger partial charge in [-0.1, -0.05) is 18.2 Å². The normalized spacial score (nSPS) is 27.5. The number of methoxy groups -OCH3 is 1. The highest BCUT2D eigenvalue weighted by Crippen LogP contribution is 2.54. The summed E-state index contributed by atoms with van der Waals surface area (Å²) in [5, 5.41) is 54.8. The van der Waals surface area contributed by atoms with Gasteiger partial charge in [-0.05, 0) is 25.8 Å². The minimum absolute atomic E-state index is 0.0223. The van der Waals surface area contributed by atoms with Gasteiger partial charge in [-0.3, -0.25) is 14.4 Å². The van der Waals surface area contributed by atoms with Crippen LogP contribution in [0.1, 0.15) is 68.7 Å². The molecule has 1 aliphatic heterocycles. The number of ether oxygens (including phenoxy) is 3. The summed E-state index contributed by atoms with van der Waals surface area (Å²) in [7, 11) is 1.33. The van der Waals surface area contributed by atoms with Crippen molar-refractivity contribution in [1.82, 2.24) is 5.32 Å². The van der Waals surface area contributed by atoms with Gasteiger partial charge >= 0.3 is 6.09 Å². The van der Waals surface area contributed by atoms with E-state index in [0.717, 1.165) is 0 Å².